The van der Waals surface area contributed by atoms with Gasteiger partial charge in [-0.1, -0.05) is 43.2 Å². The molecule has 1 aromatic carbocycles. The predicted molar refractivity (Wildman–Crippen MR) is 82.9 cm³/mol. The second-order valence-electron chi connectivity index (χ2n) is 6.09. The molecule has 0 atom stereocenters. The third kappa shape index (κ3) is 3.27. The molecule has 0 spiro atoms. The van der Waals surface area contributed by atoms with E-state index in [1.54, 1.807) is 0 Å². The Morgan fingerprint density at radius 1 is 1.14 bits per heavy atom. The molecule has 0 unspecified atom stereocenters. The molecule has 1 aliphatic heterocycles. The molecule has 0 bridgehead atoms. The largest absolute Gasteiger partial charge is 0.338 e. The molecule has 1 aromatic rings. The summed E-state index contributed by atoms with van der Waals surface area (Å²) in [5.74, 6) is 0.297. The summed E-state index contributed by atoms with van der Waals surface area (Å²) in [4.78, 5) is 15.0. The standard InChI is InChI=1S/C17H24N3O/c21-16(20-12-10-18-11-13-20)17(8-4-5-9-17)19-14-15-6-2-1-3-7-15/h1-3,6-7,19H,4-5,8-14H2. The zero-order valence-corrected chi connectivity index (χ0v) is 12.6. The van der Waals surface area contributed by atoms with Crippen molar-refractivity contribution in [1.29, 1.82) is 0 Å². The van der Waals surface area contributed by atoms with Crippen LogP contribution in [0.2, 0.25) is 0 Å². The van der Waals surface area contributed by atoms with Crippen molar-refractivity contribution < 1.29 is 4.79 Å². The Morgan fingerprint density at radius 3 is 2.48 bits per heavy atom. The maximum Gasteiger partial charge on any atom is 0.242 e. The summed E-state index contributed by atoms with van der Waals surface area (Å²) in [7, 11) is 0. The maximum absolute atomic E-state index is 13.0. The molecule has 1 aliphatic carbocycles. The minimum absolute atomic E-state index is 0.297. The summed E-state index contributed by atoms with van der Waals surface area (Å²) in [6, 6.07) is 10.3. The quantitative estimate of drug-likeness (QED) is 0.912. The van der Waals surface area contributed by atoms with E-state index >= 15 is 0 Å². The molecule has 1 saturated heterocycles. The lowest BCUT2D eigenvalue weighted by atomic mass is 9.94. The van der Waals surface area contributed by atoms with Crippen LogP contribution in [0.5, 0.6) is 0 Å². The number of hydrogen-bond acceptors (Lipinski definition) is 2. The van der Waals surface area contributed by atoms with Crippen LogP contribution in [0, 0.1) is 0 Å². The number of hydrogen-bond donors (Lipinski definition) is 1. The highest BCUT2D eigenvalue weighted by atomic mass is 16.2. The summed E-state index contributed by atoms with van der Waals surface area (Å²) >= 11 is 0. The molecule has 4 heteroatoms. The van der Waals surface area contributed by atoms with E-state index in [0.29, 0.717) is 5.91 Å². The first-order valence-electron chi connectivity index (χ1n) is 8.02. The maximum atomic E-state index is 13.0. The number of piperazine rings is 1. The highest BCUT2D eigenvalue weighted by Crippen LogP contribution is 2.32. The van der Waals surface area contributed by atoms with Crippen LogP contribution < -0.4 is 10.6 Å². The smallest absolute Gasteiger partial charge is 0.242 e. The van der Waals surface area contributed by atoms with Crippen molar-refractivity contribution in [2.45, 2.75) is 37.8 Å². The lowest BCUT2D eigenvalue weighted by molar-refractivity contribution is -0.139. The molecule has 113 valence electrons. The lowest BCUT2D eigenvalue weighted by Crippen LogP contribution is -2.58. The van der Waals surface area contributed by atoms with Crippen molar-refractivity contribution in [3.63, 3.8) is 0 Å². The van der Waals surface area contributed by atoms with Crippen molar-refractivity contribution in [2.24, 2.45) is 0 Å². The third-order valence-electron chi connectivity index (χ3n) is 4.68. The average molecular weight is 286 g/mol. The molecule has 1 radical (unpaired) electrons. The van der Waals surface area contributed by atoms with Crippen molar-refractivity contribution in [2.75, 3.05) is 26.2 Å². The molecule has 1 saturated carbocycles. The topological polar surface area (TPSA) is 46.4 Å². The van der Waals surface area contributed by atoms with Crippen LogP contribution in [0.4, 0.5) is 0 Å². The summed E-state index contributed by atoms with van der Waals surface area (Å²) in [5, 5.41) is 7.92. The van der Waals surface area contributed by atoms with Gasteiger partial charge in [0.1, 0.15) is 0 Å². The molecule has 1 amide bonds. The van der Waals surface area contributed by atoms with Crippen LogP contribution in [0.15, 0.2) is 30.3 Å². The Hall–Kier alpha value is -1.39. The first kappa shape index (κ1) is 14.5. The van der Waals surface area contributed by atoms with Crippen LogP contribution in [0.3, 0.4) is 0 Å². The number of carbonyl (C=O) groups is 1. The second-order valence-corrected chi connectivity index (χ2v) is 6.09. The number of nitrogens with zero attached hydrogens (tertiary/aromatic N) is 2. The lowest BCUT2D eigenvalue weighted by Gasteiger charge is -2.37. The summed E-state index contributed by atoms with van der Waals surface area (Å²) in [6.45, 7) is 3.92. The number of benzene rings is 1. The first-order chi connectivity index (χ1) is 10.3. The molecule has 2 fully saturated rings. The van der Waals surface area contributed by atoms with E-state index in [-0.39, 0.29) is 5.54 Å². The summed E-state index contributed by atoms with van der Waals surface area (Å²) in [6.07, 6.45) is 4.22. The first-order valence-corrected chi connectivity index (χ1v) is 8.02. The Kier molecular flexibility index (Phi) is 4.56. The van der Waals surface area contributed by atoms with Gasteiger partial charge in [0.2, 0.25) is 5.91 Å². The molecule has 0 aromatic heterocycles. The van der Waals surface area contributed by atoms with Gasteiger partial charge in [0, 0.05) is 32.7 Å². The number of amides is 1. The molecule has 1 heterocycles. The number of rotatable bonds is 4. The van der Waals surface area contributed by atoms with Crippen molar-refractivity contribution in [3.8, 4) is 0 Å². The molecule has 1 N–H and O–H groups in total. The van der Waals surface area contributed by atoms with Crippen LogP contribution in [-0.2, 0) is 11.3 Å². The van der Waals surface area contributed by atoms with E-state index in [0.717, 1.165) is 58.4 Å². The molecule has 3 rings (SSSR count). The molecule has 2 aliphatic rings. The van der Waals surface area contributed by atoms with Crippen molar-refractivity contribution in [3.05, 3.63) is 35.9 Å². The fraction of sp³-hybridized carbons (Fsp3) is 0.588. The van der Waals surface area contributed by atoms with E-state index in [4.69, 9.17) is 0 Å². The Labute approximate surface area is 126 Å². The van der Waals surface area contributed by atoms with Gasteiger partial charge in [-0.3, -0.25) is 10.1 Å². The van der Waals surface area contributed by atoms with E-state index in [9.17, 15) is 4.79 Å². The Morgan fingerprint density at radius 2 is 1.81 bits per heavy atom. The monoisotopic (exact) mass is 286 g/mol. The fourth-order valence-electron chi connectivity index (χ4n) is 3.42. The average Bonchev–Trinajstić information content (AvgIpc) is 3.04. The van der Waals surface area contributed by atoms with E-state index in [2.05, 4.69) is 22.8 Å². The van der Waals surface area contributed by atoms with Crippen LogP contribution in [0.25, 0.3) is 0 Å². The predicted octanol–water partition coefficient (Wildman–Crippen LogP) is 1.54. The van der Waals surface area contributed by atoms with Crippen LogP contribution >= 0.6 is 0 Å². The van der Waals surface area contributed by atoms with Crippen molar-refractivity contribution in [1.82, 2.24) is 15.5 Å². The normalized spacial score (nSPS) is 21.4. The third-order valence-corrected chi connectivity index (χ3v) is 4.68. The van der Waals surface area contributed by atoms with Gasteiger partial charge in [-0.25, -0.2) is 5.32 Å². The van der Waals surface area contributed by atoms with Gasteiger partial charge in [0.15, 0.2) is 0 Å². The zero-order valence-electron chi connectivity index (χ0n) is 12.6. The molecule has 21 heavy (non-hydrogen) atoms. The van der Waals surface area contributed by atoms with Gasteiger partial charge in [-0.15, -0.1) is 0 Å². The highest BCUT2D eigenvalue weighted by molar-refractivity contribution is 5.87. The number of nitrogens with one attached hydrogen (secondary N) is 1. The second kappa shape index (κ2) is 6.58. The minimum atomic E-state index is -0.340. The fourth-order valence-corrected chi connectivity index (χ4v) is 3.42. The molecular formula is C17H24N3O. The van der Waals surface area contributed by atoms with E-state index in [1.165, 1.54) is 5.56 Å². The Balaban J connectivity index is 1.68. The molecule has 4 nitrogen and oxygen atoms in total. The van der Waals surface area contributed by atoms with E-state index in [1.807, 2.05) is 23.1 Å². The van der Waals surface area contributed by atoms with Gasteiger partial charge in [0.25, 0.3) is 0 Å². The van der Waals surface area contributed by atoms with Crippen LogP contribution in [0.1, 0.15) is 31.2 Å². The zero-order chi connectivity index (χ0) is 14.5. The van der Waals surface area contributed by atoms with Gasteiger partial charge < -0.3 is 4.90 Å². The van der Waals surface area contributed by atoms with Gasteiger partial charge in [-0.2, -0.15) is 0 Å². The number of carbonyl (C=O) groups excluding carboxylic acids is 1. The van der Waals surface area contributed by atoms with Gasteiger partial charge >= 0.3 is 0 Å². The van der Waals surface area contributed by atoms with Crippen LogP contribution in [-0.4, -0.2) is 42.5 Å². The highest BCUT2D eigenvalue weighted by Gasteiger charge is 2.43. The molecular weight excluding hydrogens is 262 g/mol. The van der Waals surface area contributed by atoms with Gasteiger partial charge in [0.05, 0.1) is 5.54 Å². The SMILES string of the molecule is O=C(N1CC[N]CC1)C1(NCc2ccccc2)CCCC1. The van der Waals surface area contributed by atoms with E-state index < -0.39 is 0 Å². The van der Waals surface area contributed by atoms with Crippen molar-refractivity contribution >= 4 is 5.91 Å². The summed E-state index contributed by atoms with van der Waals surface area (Å²) in [5.41, 5.74) is 0.901. The summed E-state index contributed by atoms with van der Waals surface area (Å²) < 4.78 is 0. The Bertz CT molecular complexity index is 462. The minimum Gasteiger partial charge on any atom is -0.338 e. The van der Waals surface area contributed by atoms with Gasteiger partial charge in [-0.05, 0) is 18.4 Å².